The maximum absolute atomic E-state index is 14.1. The van der Waals surface area contributed by atoms with Crippen molar-refractivity contribution in [2.75, 3.05) is 17.7 Å². The zero-order valence-electron chi connectivity index (χ0n) is 15.4. The molecular weight excluding hydrogens is 375 g/mol. The summed E-state index contributed by atoms with van der Waals surface area (Å²) in [5.41, 5.74) is -0.326. The molecule has 0 fully saturated rings. The maximum Gasteiger partial charge on any atom is 0.412 e. The first-order chi connectivity index (χ1) is 12.6. The lowest BCUT2D eigenvalue weighted by Crippen LogP contribution is -2.27. The number of rotatable bonds is 4. The largest absolute Gasteiger partial charge is 0.496 e. The number of carbonyl (C=O) groups is 2. The van der Waals surface area contributed by atoms with E-state index in [0.717, 1.165) is 6.07 Å². The third-order valence-electron chi connectivity index (χ3n) is 3.27. The third kappa shape index (κ3) is 5.86. The summed E-state index contributed by atoms with van der Waals surface area (Å²) in [4.78, 5) is 24.3. The Kier molecular flexibility index (Phi) is 6.28. The van der Waals surface area contributed by atoms with E-state index in [0.29, 0.717) is 5.02 Å². The Morgan fingerprint density at radius 3 is 2.41 bits per heavy atom. The van der Waals surface area contributed by atoms with E-state index in [1.807, 2.05) is 0 Å². The molecule has 0 aliphatic rings. The first kappa shape index (κ1) is 20.5. The van der Waals surface area contributed by atoms with Crippen LogP contribution in [0.4, 0.5) is 20.6 Å². The van der Waals surface area contributed by atoms with Crippen molar-refractivity contribution in [3.05, 3.63) is 52.8 Å². The molecule has 2 amide bonds. The quantitative estimate of drug-likeness (QED) is 0.757. The van der Waals surface area contributed by atoms with Crippen molar-refractivity contribution in [3.8, 4) is 5.75 Å². The molecule has 0 aromatic heterocycles. The fourth-order valence-electron chi connectivity index (χ4n) is 2.16. The predicted molar refractivity (Wildman–Crippen MR) is 102 cm³/mol. The molecular formula is C19H20ClFN2O4. The zero-order valence-corrected chi connectivity index (χ0v) is 16.1. The minimum atomic E-state index is -0.689. The second-order valence-corrected chi connectivity index (χ2v) is 7.06. The Bertz CT molecular complexity index is 865. The van der Waals surface area contributed by atoms with Crippen molar-refractivity contribution in [1.82, 2.24) is 0 Å². The van der Waals surface area contributed by atoms with E-state index in [1.165, 1.54) is 37.4 Å². The Hall–Kier alpha value is -2.80. The maximum atomic E-state index is 14.1. The van der Waals surface area contributed by atoms with Crippen LogP contribution in [-0.2, 0) is 4.74 Å². The van der Waals surface area contributed by atoms with E-state index in [2.05, 4.69) is 10.6 Å². The van der Waals surface area contributed by atoms with Gasteiger partial charge < -0.3 is 14.8 Å². The molecule has 2 N–H and O–H groups in total. The molecule has 8 heteroatoms. The standard InChI is InChI=1S/C19H20ClFN2O4/c1-19(2,3)27-18(25)22-12-6-8-14(21)15(10-12)23-17(24)13-7-5-11(20)9-16(13)26-4/h5-10H,1-4H3,(H,22,25)(H,23,24). The minimum Gasteiger partial charge on any atom is -0.496 e. The first-order valence-electron chi connectivity index (χ1n) is 8.03. The van der Waals surface area contributed by atoms with Crippen LogP contribution in [0.5, 0.6) is 5.75 Å². The topological polar surface area (TPSA) is 76.7 Å². The van der Waals surface area contributed by atoms with Crippen LogP contribution >= 0.6 is 11.6 Å². The summed E-state index contributed by atoms with van der Waals surface area (Å²) in [6.45, 7) is 5.17. The summed E-state index contributed by atoms with van der Waals surface area (Å²) in [7, 11) is 1.40. The SMILES string of the molecule is COc1cc(Cl)ccc1C(=O)Nc1cc(NC(=O)OC(C)(C)C)ccc1F. The van der Waals surface area contributed by atoms with Crippen molar-refractivity contribution < 1.29 is 23.5 Å². The number of ether oxygens (including phenoxy) is 2. The van der Waals surface area contributed by atoms with E-state index in [1.54, 1.807) is 20.8 Å². The van der Waals surface area contributed by atoms with Crippen LogP contribution < -0.4 is 15.4 Å². The second-order valence-electron chi connectivity index (χ2n) is 6.62. The van der Waals surface area contributed by atoms with Crippen molar-refractivity contribution >= 4 is 35.0 Å². The lowest BCUT2D eigenvalue weighted by molar-refractivity contribution is 0.0635. The highest BCUT2D eigenvalue weighted by atomic mass is 35.5. The molecule has 27 heavy (non-hydrogen) atoms. The van der Waals surface area contributed by atoms with Gasteiger partial charge in [-0.15, -0.1) is 0 Å². The highest BCUT2D eigenvalue weighted by Gasteiger charge is 2.18. The average molecular weight is 395 g/mol. The van der Waals surface area contributed by atoms with Gasteiger partial charge >= 0.3 is 6.09 Å². The fourth-order valence-corrected chi connectivity index (χ4v) is 2.32. The number of methoxy groups -OCH3 is 1. The van der Waals surface area contributed by atoms with Gasteiger partial charge in [0.15, 0.2) is 0 Å². The number of nitrogens with one attached hydrogen (secondary N) is 2. The van der Waals surface area contributed by atoms with Crippen LogP contribution in [0.1, 0.15) is 31.1 Å². The normalized spacial score (nSPS) is 10.9. The monoisotopic (exact) mass is 394 g/mol. The summed E-state index contributed by atoms with van der Waals surface area (Å²) >= 11 is 5.88. The lowest BCUT2D eigenvalue weighted by atomic mass is 10.1. The van der Waals surface area contributed by atoms with E-state index in [-0.39, 0.29) is 22.7 Å². The van der Waals surface area contributed by atoms with Crippen molar-refractivity contribution in [1.29, 1.82) is 0 Å². The van der Waals surface area contributed by atoms with Crippen LogP contribution in [-0.4, -0.2) is 24.7 Å². The minimum absolute atomic E-state index is 0.106. The van der Waals surface area contributed by atoms with Crippen LogP contribution in [0.2, 0.25) is 5.02 Å². The van der Waals surface area contributed by atoms with Gasteiger partial charge in [0.05, 0.1) is 18.4 Å². The van der Waals surface area contributed by atoms with Gasteiger partial charge in [0, 0.05) is 10.7 Å². The highest BCUT2D eigenvalue weighted by molar-refractivity contribution is 6.31. The number of carbonyl (C=O) groups excluding carboxylic acids is 2. The number of amides is 2. The fraction of sp³-hybridized carbons (Fsp3) is 0.263. The molecule has 0 bridgehead atoms. The molecule has 2 aromatic carbocycles. The molecule has 0 radical (unpaired) electrons. The van der Waals surface area contributed by atoms with Crippen LogP contribution in [0.3, 0.4) is 0 Å². The Morgan fingerprint density at radius 1 is 1.07 bits per heavy atom. The van der Waals surface area contributed by atoms with E-state index in [4.69, 9.17) is 21.1 Å². The number of halogens is 2. The Labute approximate surface area is 161 Å². The Balaban J connectivity index is 2.19. The summed E-state index contributed by atoms with van der Waals surface area (Å²) in [5.74, 6) is -0.994. The van der Waals surface area contributed by atoms with Crippen LogP contribution in [0.25, 0.3) is 0 Å². The number of hydrogen-bond acceptors (Lipinski definition) is 4. The number of benzene rings is 2. The molecule has 0 atom stereocenters. The summed E-state index contributed by atoms with van der Waals surface area (Å²) in [5, 5.41) is 5.34. The van der Waals surface area contributed by atoms with Crippen LogP contribution in [0.15, 0.2) is 36.4 Å². The van der Waals surface area contributed by atoms with Gasteiger partial charge in [0.25, 0.3) is 5.91 Å². The van der Waals surface area contributed by atoms with E-state index < -0.39 is 23.4 Å². The molecule has 0 saturated heterocycles. The van der Waals surface area contributed by atoms with Crippen molar-refractivity contribution in [3.63, 3.8) is 0 Å². The van der Waals surface area contributed by atoms with Gasteiger partial charge in [0.2, 0.25) is 0 Å². The average Bonchev–Trinajstić information content (AvgIpc) is 2.55. The van der Waals surface area contributed by atoms with Gasteiger partial charge in [0.1, 0.15) is 17.2 Å². The molecule has 2 aromatic rings. The van der Waals surface area contributed by atoms with E-state index in [9.17, 15) is 14.0 Å². The summed E-state index contributed by atoms with van der Waals surface area (Å²) in [6, 6.07) is 8.25. The smallest absolute Gasteiger partial charge is 0.412 e. The molecule has 0 saturated carbocycles. The number of anilines is 2. The van der Waals surface area contributed by atoms with Gasteiger partial charge in [-0.05, 0) is 57.2 Å². The molecule has 0 unspecified atom stereocenters. The molecule has 0 heterocycles. The second kappa shape index (κ2) is 8.26. The van der Waals surface area contributed by atoms with Gasteiger partial charge in [-0.3, -0.25) is 10.1 Å². The summed E-state index contributed by atoms with van der Waals surface area (Å²) < 4.78 is 24.4. The van der Waals surface area contributed by atoms with Gasteiger partial charge in [-0.25, -0.2) is 9.18 Å². The first-order valence-corrected chi connectivity index (χ1v) is 8.41. The molecule has 2 rings (SSSR count). The molecule has 0 aliphatic heterocycles. The molecule has 0 spiro atoms. The molecule has 144 valence electrons. The van der Waals surface area contributed by atoms with E-state index >= 15 is 0 Å². The van der Waals surface area contributed by atoms with Crippen LogP contribution in [0, 0.1) is 5.82 Å². The highest BCUT2D eigenvalue weighted by Crippen LogP contribution is 2.26. The molecule has 0 aliphatic carbocycles. The van der Waals surface area contributed by atoms with Gasteiger partial charge in [-0.2, -0.15) is 0 Å². The zero-order chi connectivity index (χ0) is 20.2. The number of hydrogen-bond donors (Lipinski definition) is 2. The summed E-state index contributed by atoms with van der Waals surface area (Å²) in [6.07, 6.45) is -0.689. The lowest BCUT2D eigenvalue weighted by Gasteiger charge is -2.20. The van der Waals surface area contributed by atoms with Crippen molar-refractivity contribution in [2.24, 2.45) is 0 Å². The Morgan fingerprint density at radius 2 is 1.78 bits per heavy atom. The van der Waals surface area contributed by atoms with Crippen molar-refractivity contribution in [2.45, 2.75) is 26.4 Å². The molecule has 6 nitrogen and oxygen atoms in total. The third-order valence-corrected chi connectivity index (χ3v) is 3.50. The predicted octanol–water partition coefficient (Wildman–Crippen LogP) is 5.09. The van der Waals surface area contributed by atoms with Gasteiger partial charge in [-0.1, -0.05) is 11.6 Å².